The van der Waals surface area contributed by atoms with Gasteiger partial charge in [-0.1, -0.05) is 31.9 Å². The van der Waals surface area contributed by atoms with Gasteiger partial charge in [-0.2, -0.15) is 11.8 Å². The van der Waals surface area contributed by atoms with E-state index in [0.29, 0.717) is 6.04 Å². The van der Waals surface area contributed by atoms with Crippen LogP contribution in [0.2, 0.25) is 0 Å². The Hall–Kier alpha value is -0.670. The molecule has 2 atom stereocenters. The minimum absolute atomic E-state index is 0.686. The number of hydrogen-bond donors (Lipinski definition) is 1. The van der Waals surface area contributed by atoms with Crippen molar-refractivity contribution in [2.45, 2.75) is 56.9 Å². The van der Waals surface area contributed by atoms with E-state index in [1.807, 2.05) is 11.8 Å². The van der Waals surface area contributed by atoms with Crippen LogP contribution in [0.4, 0.5) is 0 Å². The van der Waals surface area contributed by atoms with Gasteiger partial charge in [-0.25, -0.2) is 0 Å². The van der Waals surface area contributed by atoms with E-state index >= 15 is 0 Å². The molecule has 2 unspecified atom stereocenters. The second kappa shape index (κ2) is 8.58. The summed E-state index contributed by atoms with van der Waals surface area (Å²) in [6.07, 6.45) is 8.59. The average Bonchev–Trinajstić information content (AvgIpc) is 2.94. The molecule has 112 valence electrons. The van der Waals surface area contributed by atoms with Gasteiger partial charge in [-0.3, -0.25) is 0 Å². The molecule has 20 heavy (non-hydrogen) atoms. The van der Waals surface area contributed by atoms with Crippen molar-refractivity contribution in [3.8, 4) is 5.75 Å². The molecule has 2 nitrogen and oxygen atoms in total. The zero-order chi connectivity index (χ0) is 14.2. The van der Waals surface area contributed by atoms with Gasteiger partial charge in [0.25, 0.3) is 0 Å². The quantitative estimate of drug-likeness (QED) is 0.724. The van der Waals surface area contributed by atoms with Crippen molar-refractivity contribution in [3.05, 3.63) is 29.8 Å². The van der Waals surface area contributed by atoms with E-state index in [-0.39, 0.29) is 0 Å². The maximum absolute atomic E-state index is 5.69. The predicted molar refractivity (Wildman–Crippen MR) is 88.6 cm³/mol. The third-order valence-corrected chi connectivity index (χ3v) is 5.18. The topological polar surface area (TPSA) is 21.3 Å². The molecule has 3 heteroatoms. The number of nitrogens with one attached hydrogen (secondary N) is 1. The summed E-state index contributed by atoms with van der Waals surface area (Å²) in [5.74, 6) is 0.991. The van der Waals surface area contributed by atoms with Crippen LogP contribution in [-0.4, -0.2) is 24.2 Å². The Balaban J connectivity index is 1.76. The highest BCUT2D eigenvalue weighted by Gasteiger charge is 2.25. The standard InChI is InChI=1S/C17H27NOS/c1-3-4-12-19-15-10-8-14(9-11-15)13-18-16-6-5-7-17(16)20-2/h8-11,16-18H,3-7,12-13H2,1-2H3. The highest BCUT2D eigenvalue weighted by molar-refractivity contribution is 7.99. The number of unbranched alkanes of at least 4 members (excludes halogenated alkanes) is 1. The molecule has 1 N–H and O–H groups in total. The summed E-state index contributed by atoms with van der Waals surface area (Å²) in [7, 11) is 0. The molecular formula is C17H27NOS. The van der Waals surface area contributed by atoms with Gasteiger partial charge >= 0.3 is 0 Å². The predicted octanol–water partition coefficient (Wildman–Crippen LogP) is 4.24. The highest BCUT2D eigenvalue weighted by atomic mass is 32.2. The summed E-state index contributed by atoms with van der Waals surface area (Å²) in [6, 6.07) is 9.22. The second-order valence-corrected chi connectivity index (χ2v) is 6.62. The van der Waals surface area contributed by atoms with Crippen LogP contribution in [0.3, 0.4) is 0 Å². The van der Waals surface area contributed by atoms with Crippen LogP contribution in [0, 0.1) is 0 Å². The summed E-state index contributed by atoms with van der Waals surface area (Å²) < 4.78 is 5.69. The van der Waals surface area contributed by atoms with Gasteiger partial charge < -0.3 is 10.1 Å². The van der Waals surface area contributed by atoms with Gasteiger partial charge in [-0.15, -0.1) is 0 Å². The highest BCUT2D eigenvalue weighted by Crippen LogP contribution is 2.28. The Morgan fingerprint density at radius 3 is 2.75 bits per heavy atom. The number of benzene rings is 1. The molecule has 0 radical (unpaired) electrons. The van der Waals surface area contributed by atoms with E-state index in [2.05, 4.69) is 42.8 Å². The number of thioether (sulfide) groups is 1. The molecule has 1 saturated carbocycles. The van der Waals surface area contributed by atoms with Crippen molar-refractivity contribution < 1.29 is 4.74 Å². The van der Waals surface area contributed by atoms with Crippen molar-refractivity contribution in [1.82, 2.24) is 5.32 Å². The van der Waals surface area contributed by atoms with Gasteiger partial charge in [0.2, 0.25) is 0 Å². The molecule has 0 amide bonds. The smallest absolute Gasteiger partial charge is 0.119 e. The molecule has 1 aromatic rings. The molecule has 1 aromatic carbocycles. The maximum Gasteiger partial charge on any atom is 0.119 e. The molecule has 0 saturated heterocycles. The van der Waals surface area contributed by atoms with Crippen molar-refractivity contribution in [1.29, 1.82) is 0 Å². The molecule has 0 heterocycles. The molecule has 0 aliphatic heterocycles. The van der Waals surface area contributed by atoms with Crippen LogP contribution in [0.15, 0.2) is 24.3 Å². The normalized spacial score (nSPS) is 22.1. The lowest BCUT2D eigenvalue weighted by atomic mass is 10.2. The average molecular weight is 293 g/mol. The molecule has 2 rings (SSSR count). The van der Waals surface area contributed by atoms with Crippen LogP contribution >= 0.6 is 11.8 Å². The first kappa shape index (κ1) is 15.7. The van der Waals surface area contributed by atoms with Crippen LogP contribution in [0.5, 0.6) is 5.75 Å². The van der Waals surface area contributed by atoms with E-state index in [1.54, 1.807) is 0 Å². The van der Waals surface area contributed by atoms with Crippen molar-refractivity contribution >= 4 is 11.8 Å². The molecule has 0 bridgehead atoms. The van der Waals surface area contributed by atoms with E-state index in [0.717, 1.165) is 30.6 Å². The Labute approximate surface area is 127 Å². The van der Waals surface area contributed by atoms with Crippen LogP contribution < -0.4 is 10.1 Å². The lowest BCUT2D eigenvalue weighted by Gasteiger charge is -2.19. The third kappa shape index (κ3) is 4.71. The molecule has 1 aliphatic carbocycles. The summed E-state index contributed by atoms with van der Waals surface area (Å²) >= 11 is 2.01. The third-order valence-electron chi connectivity index (χ3n) is 4.01. The fourth-order valence-electron chi connectivity index (χ4n) is 2.73. The second-order valence-electron chi connectivity index (χ2n) is 5.54. The van der Waals surface area contributed by atoms with Crippen LogP contribution in [0.25, 0.3) is 0 Å². The summed E-state index contributed by atoms with van der Waals surface area (Å²) in [5.41, 5.74) is 1.35. The first-order valence-electron chi connectivity index (χ1n) is 7.81. The van der Waals surface area contributed by atoms with Crippen molar-refractivity contribution in [2.75, 3.05) is 12.9 Å². The summed E-state index contributed by atoms with van der Waals surface area (Å²) in [6.45, 7) is 3.98. The largest absolute Gasteiger partial charge is 0.494 e. The van der Waals surface area contributed by atoms with E-state index in [9.17, 15) is 0 Å². The maximum atomic E-state index is 5.69. The molecule has 0 spiro atoms. The number of ether oxygens (including phenoxy) is 1. The van der Waals surface area contributed by atoms with E-state index in [4.69, 9.17) is 4.74 Å². The SMILES string of the molecule is CCCCOc1ccc(CNC2CCCC2SC)cc1. The number of rotatable bonds is 8. The lowest BCUT2D eigenvalue weighted by Crippen LogP contribution is -2.33. The number of hydrogen-bond acceptors (Lipinski definition) is 3. The van der Waals surface area contributed by atoms with E-state index < -0.39 is 0 Å². The Morgan fingerprint density at radius 2 is 2.05 bits per heavy atom. The minimum atomic E-state index is 0.686. The molecule has 1 aliphatic rings. The fraction of sp³-hybridized carbons (Fsp3) is 0.647. The lowest BCUT2D eigenvalue weighted by molar-refractivity contribution is 0.309. The van der Waals surface area contributed by atoms with Gasteiger partial charge in [0.15, 0.2) is 0 Å². The Bertz CT molecular complexity index is 379. The molecular weight excluding hydrogens is 266 g/mol. The minimum Gasteiger partial charge on any atom is -0.494 e. The Morgan fingerprint density at radius 1 is 1.25 bits per heavy atom. The summed E-state index contributed by atoms with van der Waals surface area (Å²) in [4.78, 5) is 0. The van der Waals surface area contributed by atoms with Crippen LogP contribution in [0.1, 0.15) is 44.6 Å². The first-order valence-corrected chi connectivity index (χ1v) is 9.10. The zero-order valence-electron chi connectivity index (χ0n) is 12.7. The zero-order valence-corrected chi connectivity index (χ0v) is 13.5. The van der Waals surface area contributed by atoms with Gasteiger partial charge in [0.1, 0.15) is 5.75 Å². The summed E-state index contributed by atoms with van der Waals surface area (Å²) in [5, 5.41) is 4.51. The van der Waals surface area contributed by atoms with E-state index in [1.165, 1.54) is 31.2 Å². The molecule has 0 aromatic heterocycles. The van der Waals surface area contributed by atoms with Gasteiger partial charge in [-0.05, 0) is 43.2 Å². The van der Waals surface area contributed by atoms with Crippen LogP contribution in [-0.2, 0) is 6.54 Å². The molecule has 1 fully saturated rings. The monoisotopic (exact) mass is 293 g/mol. The first-order chi connectivity index (χ1) is 9.83. The van der Waals surface area contributed by atoms with Crippen molar-refractivity contribution in [2.24, 2.45) is 0 Å². The Kier molecular flexibility index (Phi) is 6.74. The fourth-order valence-corrected chi connectivity index (χ4v) is 3.69. The van der Waals surface area contributed by atoms with Gasteiger partial charge in [0.05, 0.1) is 6.61 Å². The van der Waals surface area contributed by atoms with Gasteiger partial charge in [0, 0.05) is 17.8 Å². The van der Waals surface area contributed by atoms with Crippen molar-refractivity contribution in [3.63, 3.8) is 0 Å².